The summed E-state index contributed by atoms with van der Waals surface area (Å²) in [5.74, 6) is -0.271. The Kier molecular flexibility index (Phi) is 12.2. The van der Waals surface area contributed by atoms with Crippen LogP contribution in [0, 0.1) is 6.92 Å². The molecule has 0 saturated carbocycles. The summed E-state index contributed by atoms with van der Waals surface area (Å²) in [5.41, 5.74) is 0.638. The molecule has 1 aromatic carbocycles. The predicted octanol–water partition coefficient (Wildman–Crippen LogP) is 2.82. The fraction of sp³-hybridized carbons (Fsp3) is 0.650. The molecule has 0 aliphatic heterocycles. The predicted molar refractivity (Wildman–Crippen MR) is 106 cm³/mol. The SMILES string of the molecule is Cc1ccc(S(=O)OCCOCCOCCOCCC(=O)OC(C)(C)C)cc1. The van der Waals surface area contributed by atoms with Crippen LogP contribution in [0.1, 0.15) is 32.8 Å². The molecule has 1 rings (SSSR count). The number of benzene rings is 1. The van der Waals surface area contributed by atoms with Crippen molar-refractivity contribution in [1.82, 2.24) is 0 Å². The summed E-state index contributed by atoms with van der Waals surface area (Å²) in [6.07, 6.45) is 0.227. The van der Waals surface area contributed by atoms with Gasteiger partial charge in [0, 0.05) is 0 Å². The van der Waals surface area contributed by atoms with Crippen molar-refractivity contribution in [3.63, 3.8) is 0 Å². The Morgan fingerprint density at radius 1 is 0.857 bits per heavy atom. The normalized spacial score (nSPS) is 12.7. The molecule has 0 heterocycles. The van der Waals surface area contributed by atoms with Gasteiger partial charge in [0.25, 0.3) is 0 Å². The minimum absolute atomic E-state index is 0.227. The lowest BCUT2D eigenvalue weighted by atomic mass is 10.2. The van der Waals surface area contributed by atoms with Crippen molar-refractivity contribution in [2.45, 2.75) is 44.6 Å². The summed E-state index contributed by atoms with van der Waals surface area (Å²) in [7, 11) is 0. The highest BCUT2D eigenvalue weighted by Gasteiger charge is 2.15. The highest BCUT2D eigenvalue weighted by atomic mass is 32.2. The summed E-state index contributed by atoms with van der Waals surface area (Å²) >= 11 is -1.48. The monoisotopic (exact) mass is 416 g/mol. The van der Waals surface area contributed by atoms with E-state index in [2.05, 4.69) is 0 Å². The standard InChI is InChI=1S/C20H32O7S/c1-17-5-7-18(8-6-17)28(22)26-16-15-25-14-13-24-12-11-23-10-9-19(21)27-20(2,3)4/h5-8H,9-16H2,1-4H3. The minimum atomic E-state index is -1.48. The number of rotatable bonds is 14. The lowest BCUT2D eigenvalue weighted by Crippen LogP contribution is -2.24. The Morgan fingerprint density at radius 2 is 1.36 bits per heavy atom. The zero-order valence-electron chi connectivity index (χ0n) is 17.2. The quantitative estimate of drug-likeness (QED) is 0.341. The Morgan fingerprint density at radius 3 is 1.89 bits per heavy atom. The Hall–Kier alpha value is -1.32. The molecule has 1 unspecified atom stereocenters. The highest BCUT2D eigenvalue weighted by Crippen LogP contribution is 2.09. The molecule has 0 amide bonds. The van der Waals surface area contributed by atoms with Gasteiger partial charge in [0.05, 0.1) is 57.6 Å². The number of esters is 1. The highest BCUT2D eigenvalue weighted by molar-refractivity contribution is 7.80. The second-order valence-corrected chi connectivity index (χ2v) is 8.22. The average Bonchev–Trinajstić information content (AvgIpc) is 2.61. The maximum atomic E-state index is 11.9. The van der Waals surface area contributed by atoms with Gasteiger partial charge in [0.15, 0.2) is 11.1 Å². The third kappa shape index (κ3) is 13.0. The Labute approximate surface area is 170 Å². The molecule has 0 radical (unpaired) electrons. The molecular formula is C20H32O7S. The summed E-state index contributed by atoms with van der Waals surface area (Å²) in [4.78, 5) is 12.1. The zero-order valence-corrected chi connectivity index (χ0v) is 18.0. The largest absolute Gasteiger partial charge is 0.460 e. The van der Waals surface area contributed by atoms with Crippen LogP contribution in [0.5, 0.6) is 0 Å². The van der Waals surface area contributed by atoms with Crippen LogP contribution in [0.25, 0.3) is 0 Å². The summed E-state index contributed by atoms with van der Waals surface area (Å²) < 4.78 is 38.3. The molecule has 0 N–H and O–H groups in total. The number of carbonyl (C=O) groups is 1. The number of aryl methyl sites for hydroxylation is 1. The first-order valence-corrected chi connectivity index (χ1v) is 10.4. The van der Waals surface area contributed by atoms with Crippen LogP contribution >= 0.6 is 0 Å². The number of hydrogen-bond donors (Lipinski definition) is 0. The summed E-state index contributed by atoms with van der Waals surface area (Å²) in [6, 6.07) is 7.36. The molecule has 28 heavy (non-hydrogen) atoms. The third-order valence-electron chi connectivity index (χ3n) is 3.25. The number of ether oxygens (including phenoxy) is 4. The second-order valence-electron chi connectivity index (χ2n) is 7.04. The molecule has 8 heteroatoms. The van der Waals surface area contributed by atoms with E-state index in [1.54, 1.807) is 12.1 Å². The van der Waals surface area contributed by atoms with Crippen molar-refractivity contribution in [3.05, 3.63) is 29.8 Å². The van der Waals surface area contributed by atoms with Crippen LogP contribution in [-0.4, -0.2) is 62.0 Å². The van der Waals surface area contributed by atoms with E-state index in [-0.39, 0.29) is 19.0 Å². The van der Waals surface area contributed by atoms with Gasteiger partial charge in [-0.1, -0.05) is 17.7 Å². The van der Waals surface area contributed by atoms with Crippen LogP contribution in [0.15, 0.2) is 29.2 Å². The van der Waals surface area contributed by atoms with E-state index in [0.717, 1.165) is 5.56 Å². The van der Waals surface area contributed by atoms with Gasteiger partial charge in [0.2, 0.25) is 0 Å². The minimum Gasteiger partial charge on any atom is -0.460 e. The van der Waals surface area contributed by atoms with Gasteiger partial charge in [-0.25, -0.2) is 4.21 Å². The lowest BCUT2D eigenvalue weighted by molar-refractivity contribution is -0.156. The molecule has 160 valence electrons. The van der Waals surface area contributed by atoms with Crippen molar-refractivity contribution < 1.29 is 32.1 Å². The van der Waals surface area contributed by atoms with Gasteiger partial charge >= 0.3 is 5.97 Å². The van der Waals surface area contributed by atoms with Crippen LogP contribution in [0.3, 0.4) is 0 Å². The Bertz CT molecular complexity index is 581. The molecule has 7 nitrogen and oxygen atoms in total. The Balaban J connectivity index is 1.88. The third-order valence-corrected chi connectivity index (χ3v) is 4.28. The van der Waals surface area contributed by atoms with E-state index < -0.39 is 16.7 Å². The van der Waals surface area contributed by atoms with Gasteiger partial charge < -0.3 is 18.9 Å². The first kappa shape index (κ1) is 24.7. The van der Waals surface area contributed by atoms with Gasteiger partial charge in [-0.3, -0.25) is 8.98 Å². The topological polar surface area (TPSA) is 80.3 Å². The molecule has 1 atom stereocenters. The number of carbonyl (C=O) groups excluding carboxylic acids is 1. The molecule has 0 saturated heterocycles. The van der Waals surface area contributed by atoms with Crippen molar-refractivity contribution in [3.8, 4) is 0 Å². The smallest absolute Gasteiger partial charge is 0.308 e. The molecule has 0 aliphatic carbocycles. The molecule has 0 fully saturated rings. The van der Waals surface area contributed by atoms with E-state index >= 15 is 0 Å². The average molecular weight is 417 g/mol. The van der Waals surface area contributed by atoms with Crippen molar-refractivity contribution >= 4 is 17.0 Å². The van der Waals surface area contributed by atoms with E-state index in [0.29, 0.717) is 44.5 Å². The summed E-state index contributed by atoms with van der Waals surface area (Å²) in [5, 5.41) is 0. The summed E-state index contributed by atoms with van der Waals surface area (Å²) in [6.45, 7) is 10.0. The van der Waals surface area contributed by atoms with E-state index in [1.165, 1.54) is 0 Å². The zero-order chi connectivity index (χ0) is 20.8. The van der Waals surface area contributed by atoms with Crippen LogP contribution in [0.4, 0.5) is 0 Å². The maximum Gasteiger partial charge on any atom is 0.308 e. The van der Waals surface area contributed by atoms with E-state index in [4.69, 9.17) is 23.1 Å². The molecule has 0 bridgehead atoms. The van der Waals surface area contributed by atoms with Crippen LogP contribution in [-0.2, 0) is 39.0 Å². The van der Waals surface area contributed by atoms with E-state index in [9.17, 15) is 9.00 Å². The van der Waals surface area contributed by atoms with Crippen molar-refractivity contribution in [2.75, 3.05) is 46.2 Å². The molecular weight excluding hydrogens is 384 g/mol. The molecule has 0 aliphatic rings. The van der Waals surface area contributed by atoms with Gasteiger partial charge in [0.1, 0.15) is 5.60 Å². The first-order valence-electron chi connectivity index (χ1n) is 9.35. The van der Waals surface area contributed by atoms with E-state index in [1.807, 2.05) is 39.8 Å². The number of hydrogen-bond acceptors (Lipinski definition) is 7. The molecule has 0 aromatic heterocycles. The maximum absolute atomic E-state index is 11.9. The van der Waals surface area contributed by atoms with Crippen LogP contribution < -0.4 is 0 Å². The molecule has 0 spiro atoms. The fourth-order valence-electron chi connectivity index (χ4n) is 1.98. The van der Waals surface area contributed by atoms with Crippen molar-refractivity contribution in [1.29, 1.82) is 0 Å². The first-order chi connectivity index (χ1) is 13.3. The fourth-order valence-corrected chi connectivity index (χ4v) is 2.69. The van der Waals surface area contributed by atoms with Gasteiger partial charge in [-0.15, -0.1) is 0 Å². The second kappa shape index (κ2) is 13.8. The lowest BCUT2D eigenvalue weighted by Gasteiger charge is -2.19. The van der Waals surface area contributed by atoms with Gasteiger partial charge in [-0.05, 0) is 39.8 Å². The molecule has 1 aromatic rings. The van der Waals surface area contributed by atoms with Crippen LogP contribution in [0.2, 0.25) is 0 Å². The van der Waals surface area contributed by atoms with Gasteiger partial charge in [-0.2, -0.15) is 0 Å². The van der Waals surface area contributed by atoms with Crippen molar-refractivity contribution in [2.24, 2.45) is 0 Å².